The Bertz CT molecular complexity index is 750. The van der Waals surface area contributed by atoms with Crippen LogP contribution in [-0.4, -0.2) is 17.2 Å². The summed E-state index contributed by atoms with van der Waals surface area (Å²) in [7, 11) is 0. The van der Waals surface area contributed by atoms with E-state index in [9.17, 15) is 22.7 Å². The number of hydrogen-bond acceptors (Lipinski definition) is 1. The van der Waals surface area contributed by atoms with Crippen LogP contribution >= 0.6 is 0 Å². The Morgan fingerprint density at radius 1 is 1.08 bits per heavy atom. The first-order chi connectivity index (χ1) is 11.4. The normalized spacial score (nSPS) is 31.5. The highest BCUT2D eigenvalue weighted by molar-refractivity contribution is 5.53. The third-order valence-corrected chi connectivity index (χ3v) is 5.51. The summed E-state index contributed by atoms with van der Waals surface area (Å²) in [6, 6.07) is 4.91. The number of fused-ring (bicyclic) bond motifs is 1. The first kappa shape index (κ1) is 15.9. The SMILES string of the molecule is OC1CCc2c1cccc2C1C2=C(C=C(F)C1(F)F)C(F)CCC2. The van der Waals surface area contributed by atoms with Crippen molar-refractivity contribution in [1.82, 2.24) is 0 Å². The quantitative estimate of drug-likeness (QED) is 0.709. The smallest absolute Gasteiger partial charge is 0.309 e. The molecule has 0 saturated carbocycles. The average molecular weight is 338 g/mol. The minimum Gasteiger partial charge on any atom is -0.388 e. The number of benzene rings is 1. The third-order valence-electron chi connectivity index (χ3n) is 5.51. The van der Waals surface area contributed by atoms with E-state index >= 15 is 0 Å². The molecule has 1 aromatic carbocycles. The van der Waals surface area contributed by atoms with Gasteiger partial charge in [0.2, 0.25) is 0 Å². The van der Waals surface area contributed by atoms with Crippen molar-refractivity contribution >= 4 is 0 Å². The van der Waals surface area contributed by atoms with E-state index < -0.39 is 29.9 Å². The van der Waals surface area contributed by atoms with Crippen LogP contribution in [0.5, 0.6) is 0 Å². The van der Waals surface area contributed by atoms with Gasteiger partial charge in [-0.1, -0.05) is 23.8 Å². The zero-order chi connectivity index (χ0) is 17.1. The van der Waals surface area contributed by atoms with E-state index in [1.165, 1.54) is 0 Å². The van der Waals surface area contributed by atoms with Gasteiger partial charge in [-0.25, -0.2) is 8.78 Å². The van der Waals surface area contributed by atoms with Crippen LogP contribution in [0.1, 0.15) is 54.4 Å². The Kier molecular flexibility index (Phi) is 3.60. The lowest BCUT2D eigenvalue weighted by Crippen LogP contribution is -2.35. The minimum absolute atomic E-state index is 0.0887. The van der Waals surface area contributed by atoms with Gasteiger partial charge in [-0.15, -0.1) is 0 Å². The van der Waals surface area contributed by atoms with Gasteiger partial charge in [0.05, 0.1) is 12.0 Å². The van der Waals surface area contributed by atoms with Crippen LogP contribution in [0.2, 0.25) is 0 Å². The molecule has 0 spiro atoms. The molecule has 128 valence electrons. The molecule has 3 atom stereocenters. The van der Waals surface area contributed by atoms with E-state index in [1.54, 1.807) is 18.2 Å². The molecular weight excluding hydrogens is 320 g/mol. The maximum absolute atomic E-state index is 14.7. The molecule has 0 amide bonds. The molecule has 0 aliphatic heterocycles. The Hall–Kier alpha value is -1.62. The lowest BCUT2D eigenvalue weighted by Gasteiger charge is -2.37. The molecule has 4 rings (SSSR count). The number of aliphatic hydroxyl groups excluding tert-OH is 1. The van der Waals surface area contributed by atoms with Gasteiger partial charge >= 0.3 is 5.92 Å². The summed E-state index contributed by atoms with van der Waals surface area (Å²) < 4.78 is 57.8. The van der Waals surface area contributed by atoms with E-state index in [0.717, 1.165) is 0 Å². The number of aliphatic hydroxyl groups is 1. The molecule has 1 N–H and O–H groups in total. The molecule has 3 unspecified atom stereocenters. The fraction of sp³-hybridized carbons (Fsp3) is 0.474. The van der Waals surface area contributed by atoms with Gasteiger partial charge < -0.3 is 5.11 Å². The van der Waals surface area contributed by atoms with Gasteiger partial charge in [-0.3, -0.25) is 0 Å². The number of allylic oxidation sites excluding steroid dienone is 4. The summed E-state index contributed by atoms with van der Waals surface area (Å²) in [6.07, 6.45) is 0.672. The zero-order valence-electron chi connectivity index (χ0n) is 13.0. The summed E-state index contributed by atoms with van der Waals surface area (Å²) in [5.74, 6) is -6.72. The number of halogens is 4. The van der Waals surface area contributed by atoms with Crippen LogP contribution in [0.3, 0.4) is 0 Å². The second kappa shape index (κ2) is 5.45. The van der Waals surface area contributed by atoms with Gasteiger partial charge in [0.15, 0.2) is 5.83 Å². The molecule has 3 aliphatic rings. The summed E-state index contributed by atoms with van der Waals surface area (Å²) in [5, 5.41) is 10.0. The first-order valence-corrected chi connectivity index (χ1v) is 8.33. The standard InChI is InChI=1S/C19H18F4O/c20-15-6-2-5-13-14(15)9-17(21)19(22,23)18(13)12-4-1-3-11-10(12)7-8-16(11)24/h1,3-4,9,15-16,18,24H,2,5-8H2. The van der Waals surface area contributed by atoms with Crippen molar-refractivity contribution < 1.29 is 22.7 Å². The predicted octanol–water partition coefficient (Wildman–Crippen LogP) is 5.07. The number of alkyl halides is 3. The maximum atomic E-state index is 14.7. The molecule has 0 heterocycles. The van der Waals surface area contributed by atoms with Crippen molar-refractivity contribution in [2.75, 3.05) is 0 Å². The predicted molar refractivity (Wildman–Crippen MR) is 82.4 cm³/mol. The van der Waals surface area contributed by atoms with Crippen molar-refractivity contribution in [2.24, 2.45) is 0 Å². The summed E-state index contributed by atoms with van der Waals surface area (Å²) in [5.41, 5.74) is 2.03. The molecule has 0 aromatic heterocycles. The second-order valence-electron chi connectivity index (χ2n) is 6.86. The van der Waals surface area contributed by atoms with Crippen molar-refractivity contribution in [1.29, 1.82) is 0 Å². The highest BCUT2D eigenvalue weighted by Gasteiger charge is 2.52. The maximum Gasteiger partial charge on any atom is 0.309 e. The fourth-order valence-corrected chi connectivity index (χ4v) is 4.37. The van der Waals surface area contributed by atoms with E-state index in [1.807, 2.05) is 0 Å². The topological polar surface area (TPSA) is 20.2 Å². The molecule has 0 fully saturated rings. The minimum atomic E-state index is -3.68. The van der Waals surface area contributed by atoms with Gasteiger partial charge in [-0.05, 0) is 60.4 Å². The third kappa shape index (κ3) is 2.17. The molecular formula is C19H18F4O. The van der Waals surface area contributed by atoms with Crippen LogP contribution < -0.4 is 0 Å². The monoisotopic (exact) mass is 338 g/mol. The van der Waals surface area contributed by atoms with Gasteiger partial charge in [0.1, 0.15) is 6.17 Å². The van der Waals surface area contributed by atoms with Crippen LogP contribution in [0.4, 0.5) is 17.6 Å². The molecule has 1 nitrogen and oxygen atoms in total. The first-order valence-electron chi connectivity index (χ1n) is 8.33. The Labute approximate surface area is 137 Å². The van der Waals surface area contributed by atoms with E-state index in [2.05, 4.69) is 0 Å². The van der Waals surface area contributed by atoms with Crippen LogP contribution in [0.15, 0.2) is 41.2 Å². The molecule has 1 aromatic rings. The molecule has 0 radical (unpaired) electrons. The average Bonchev–Trinajstić information content (AvgIpc) is 2.92. The van der Waals surface area contributed by atoms with Gasteiger partial charge in [0.25, 0.3) is 0 Å². The molecule has 0 saturated heterocycles. The zero-order valence-corrected chi connectivity index (χ0v) is 13.0. The lowest BCUT2D eigenvalue weighted by molar-refractivity contribution is -0.00469. The summed E-state index contributed by atoms with van der Waals surface area (Å²) in [4.78, 5) is 0. The van der Waals surface area contributed by atoms with Gasteiger partial charge in [-0.2, -0.15) is 8.78 Å². The van der Waals surface area contributed by atoms with E-state index in [4.69, 9.17) is 0 Å². The van der Waals surface area contributed by atoms with Crippen LogP contribution in [0.25, 0.3) is 0 Å². The van der Waals surface area contributed by atoms with Crippen molar-refractivity contribution in [3.8, 4) is 0 Å². The fourth-order valence-electron chi connectivity index (χ4n) is 4.37. The highest BCUT2D eigenvalue weighted by Crippen LogP contribution is 2.54. The molecule has 5 heteroatoms. The van der Waals surface area contributed by atoms with Gasteiger partial charge in [0, 0.05) is 0 Å². The van der Waals surface area contributed by atoms with Crippen molar-refractivity contribution in [3.05, 3.63) is 57.9 Å². The summed E-state index contributed by atoms with van der Waals surface area (Å²) in [6.45, 7) is 0. The highest BCUT2D eigenvalue weighted by atomic mass is 19.3. The van der Waals surface area contributed by atoms with Crippen molar-refractivity contribution in [3.63, 3.8) is 0 Å². The molecule has 24 heavy (non-hydrogen) atoms. The Balaban J connectivity index is 1.92. The Morgan fingerprint density at radius 2 is 1.83 bits per heavy atom. The summed E-state index contributed by atoms with van der Waals surface area (Å²) >= 11 is 0. The molecule has 3 aliphatic carbocycles. The van der Waals surface area contributed by atoms with Crippen LogP contribution in [-0.2, 0) is 6.42 Å². The van der Waals surface area contributed by atoms with Crippen LogP contribution in [0, 0.1) is 0 Å². The Morgan fingerprint density at radius 3 is 2.62 bits per heavy atom. The van der Waals surface area contributed by atoms with Crippen molar-refractivity contribution in [2.45, 2.75) is 56.2 Å². The number of rotatable bonds is 1. The van der Waals surface area contributed by atoms with E-state index in [0.29, 0.717) is 54.0 Å². The molecule has 0 bridgehead atoms. The van der Waals surface area contributed by atoms with E-state index in [-0.39, 0.29) is 12.0 Å². The number of hydrogen-bond donors (Lipinski definition) is 1. The second-order valence-corrected chi connectivity index (χ2v) is 6.86. The largest absolute Gasteiger partial charge is 0.388 e. The lowest BCUT2D eigenvalue weighted by atomic mass is 9.72.